The second kappa shape index (κ2) is 6.75. The lowest BCUT2D eigenvalue weighted by Gasteiger charge is -2.15. The van der Waals surface area contributed by atoms with Gasteiger partial charge in [0, 0.05) is 43.3 Å². The fourth-order valence-electron chi connectivity index (χ4n) is 1.99. The molecule has 0 aliphatic carbocycles. The second-order valence-corrected chi connectivity index (χ2v) is 5.62. The zero-order valence-electron chi connectivity index (χ0n) is 10.4. The van der Waals surface area contributed by atoms with Crippen LogP contribution in [-0.4, -0.2) is 40.7 Å². The summed E-state index contributed by atoms with van der Waals surface area (Å²) in [6, 6.07) is 6.08. The molecule has 18 heavy (non-hydrogen) atoms. The Morgan fingerprint density at radius 2 is 2.44 bits per heavy atom. The summed E-state index contributed by atoms with van der Waals surface area (Å²) in [6.45, 7) is 1.55. The van der Waals surface area contributed by atoms with Crippen LogP contribution in [0.25, 0.3) is 0 Å². The van der Waals surface area contributed by atoms with E-state index < -0.39 is 0 Å². The van der Waals surface area contributed by atoms with Crippen LogP contribution >= 0.6 is 11.8 Å². The Labute approximate surface area is 112 Å². The van der Waals surface area contributed by atoms with Crippen molar-refractivity contribution in [3.63, 3.8) is 0 Å². The fraction of sp³-hybridized carbons (Fsp3) is 0.538. The first kappa shape index (κ1) is 13.4. The summed E-state index contributed by atoms with van der Waals surface area (Å²) in [7, 11) is 0. The van der Waals surface area contributed by atoms with E-state index in [9.17, 15) is 4.79 Å². The molecule has 1 amide bonds. The summed E-state index contributed by atoms with van der Waals surface area (Å²) in [4.78, 5) is 18.0. The Morgan fingerprint density at radius 1 is 1.56 bits per heavy atom. The highest BCUT2D eigenvalue weighted by Gasteiger charge is 2.22. The van der Waals surface area contributed by atoms with Gasteiger partial charge in [0.25, 0.3) is 0 Å². The third-order valence-corrected chi connectivity index (χ3v) is 4.01. The zero-order valence-corrected chi connectivity index (χ0v) is 11.2. The van der Waals surface area contributed by atoms with Crippen molar-refractivity contribution in [1.82, 2.24) is 9.88 Å². The van der Waals surface area contributed by atoms with Crippen LogP contribution in [0, 0.1) is 0 Å². The van der Waals surface area contributed by atoms with Crippen molar-refractivity contribution in [2.75, 3.05) is 18.8 Å². The molecule has 98 valence electrons. The van der Waals surface area contributed by atoms with Gasteiger partial charge >= 0.3 is 0 Å². The summed E-state index contributed by atoms with van der Waals surface area (Å²) in [5.74, 6) is 1.95. The van der Waals surface area contributed by atoms with Crippen LogP contribution in [0.5, 0.6) is 0 Å². The van der Waals surface area contributed by atoms with Crippen molar-refractivity contribution in [3.05, 3.63) is 30.1 Å². The molecular formula is C13H19N3OS. The molecule has 0 aromatic carbocycles. The van der Waals surface area contributed by atoms with Gasteiger partial charge in [-0.3, -0.25) is 9.78 Å². The minimum atomic E-state index is 0.176. The summed E-state index contributed by atoms with van der Waals surface area (Å²) >= 11 is 1.75. The van der Waals surface area contributed by atoms with Gasteiger partial charge in [0.2, 0.25) is 5.91 Å². The van der Waals surface area contributed by atoms with Crippen molar-refractivity contribution >= 4 is 17.7 Å². The highest BCUT2D eigenvalue weighted by Crippen LogP contribution is 2.13. The third-order valence-electron chi connectivity index (χ3n) is 3.01. The van der Waals surface area contributed by atoms with E-state index in [0.29, 0.717) is 6.42 Å². The maximum atomic E-state index is 11.8. The second-order valence-electron chi connectivity index (χ2n) is 4.51. The van der Waals surface area contributed by atoms with Crippen LogP contribution in [0.3, 0.4) is 0 Å². The number of amides is 1. The molecule has 1 saturated heterocycles. The van der Waals surface area contributed by atoms with Gasteiger partial charge in [0.1, 0.15) is 0 Å². The number of carbonyl (C=O) groups is 1. The normalized spacial score (nSPS) is 19.2. The average Bonchev–Trinajstić information content (AvgIpc) is 2.82. The van der Waals surface area contributed by atoms with Gasteiger partial charge in [-0.25, -0.2) is 0 Å². The lowest BCUT2D eigenvalue weighted by molar-refractivity contribution is -0.129. The van der Waals surface area contributed by atoms with Gasteiger partial charge in [0.05, 0.1) is 5.69 Å². The van der Waals surface area contributed by atoms with E-state index in [4.69, 9.17) is 5.73 Å². The lowest BCUT2D eigenvalue weighted by Crippen LogP contribution is -2.32. The standard InChI is InChI=1S/C13H19N3OS/c14-11-4-7-16(9-11)13(17)5-8-18-10-12-3-1-2-6-15-12/h1-3,6,11H,4-5,7-10,14H2/t11-/m1/s1. The molecule has 2 N–H and O–H groups in total. The van der Waals surface area contributed by atoms with Crippen molar-refractivity contribution in [3.8, 4) is 0 Å². The maximum Gasteiger partial charge on any atom is 0.223 e. The van der Waals surface area contributed by atoms with Gasteiger partial charge in [-0.15, -0.1) is 0 Å². The molecule has 1 aromatic heterocycles. The number of pyridine rings is 1. The number of nitrogens with two attached hydrogens (primary N) is 1. The molecule has 0 radical (unpaired) electrons. The predicted molar refractivity (Wildman–Crippen MR) is 74.2 cm³/mol. The monoisotopic (exact) mass is 265 g/mol. The Bertz CT molecular complexity index is 385. The first-order valence-electron chi connectivity index (χ1n) is 6.26. The number of rotatable bonds is 5. The molecule has 1 aliphatic heterocycles. The third kappa shape index (κ3) is 3.99. The number of hydrogen-bond acceptors (Lipinski definition) is 4. The van der Waals surface area contributed by atoms with Gasteiger partial charge in [0.15, 0.2) is 0 Å². The molecular weight excluding hydrogens is 246 g/mol. The number of aromatic nitrogens is 1. The molecule has 0 saturated carbocycles. The van der Waals surface area contributed by atoms with Gasteiger partial charge in [-0.1, -0.05) is 6.07 Å². The molecule has 2 rings (SSSR count). The Kier molecular flexibility index (Phi) is 5.01. The summed E-state index contributed by atoms with van der Waals surface area (Å²) in [5, 5.41) is 0. The van der Waals surface area contributed by atoms with E-state index in [1.54, 1.807) is 18.0 Å². The van der Waals surface area contributed by atoms with E-state index in [-0.39, 0.29) is 11.9 Å². The number of likely N-dealkylation sites (tertiary alicyclic amines) is 1. The number of nitrogens with zero attached hydrogens (tertiary/aromatic N) is 2. The maximum absolute atomic E-state index is 11.8. The van der Waals surface area contributed by atoms with E-state index in [1.807, 2.05) is 23.1 Å². The van der Waals surface area contributed by atoms with Crippen LogP contribution in [0.4, 0.5) is 0 Å². The Hall–Kier alpha value is -1.07. The van der Waals surface area contributed by atoms with E-state index in [2.05, 4.69) is 4.98 Å². The molecule has 1 aromatic rings. The van der Waals surface area contributed by atoms with Crippen LogP contribution in [0.1, 0.15) is 18.5 Å². The largest absolute Gasteiger partial charge is 0.341 e. The molecule has 0 spiro atoms. The topological polar surface area (TPSA) is 59.2 Å². The van der Waals surface area contributed by atoms with Gasteiger partial charge in [-0.05, 0) is 18.6 Å². The Morgan fingerprint density at radius 3 is 3.11 bits per heavy atom. The molecule has 4 nitrogen and oxygen atoms in total. The van der Waals surface area contributed by atoms with Gasteiger partial charge in [-0.2, -0.15) is 11.8 Å². The minimum absolute atomic E-state index is 0.176. The van der Waals surface area contributed by atoms with Crippen molar-refractivity contribution < 1.29 is 4.79 Å². The lowest BCUT2D eigenvalue weighted by atomic mass is 10.3. The van der Waals surface area contributed by atoms with Crippen LogP contribution < -0.4 is 5.73 Å². The summed E-state index contributed by atoms with van der Waals surface area (Å²) < 4.78 is 0. The van der Waals surface area contributed by atoms with Crippen LogP contribution in [-0.2, 0) is 10.5 Å². The summed E-state index contributed by atoms with van der Waals surface area (Å²) in [6.07, 6.45) is 3.34. The molecule has 1 fully saturated rings. The SMILES string of the molecule is N[C@@H]1CCN(C(=O)CCSCc2ccccn2)C1. The van der Waals surface area contributed by atoms with E-state index in [0.717, 1.165) is 36.7 Å². The van der Waals surface area contributed by atoms with Crippen molar-refractivity contribution in [1.29, 1.82) is 0 Å². The minimum Gasteiger partial charge on any atom is -0.341 e. The highest BCUT2D eigenvalue weighted by molar-refractivity contribution is 7.98. The number of hydrogen-bond donors (Lipinski definition) is 1. The molecule has 0 unspecified atom stereocenters. The number of thioether (sulfide) groups is 1. The molecule has 0 bridgehead atoms. The first-order chi connectivity index (χ1) is 8.75. The van der Waals surface area contributed by atoms with E-state index in [1.165, 1.54) is 0 Å². The molecule has 1 aliphatic rings. The Balaban J connectivity index is 1.62. The highest BCUT2D eigenvalue weighted by atomic mass is 32.2. The molecule has 1 atom stereocenters. The first-order valence-corrected chi connectivity index (χ1v) is 7.42. The van der Waals surface area contributed by atoms with Crippen LogP contribution in [0.15, 0.2) is 24.4 Å². The van der Waals surface area contributed by atoms with Crippen LogP contribution in [0.2, 0.25) is 0 Å². The zero-order chi connectivity index (χ0) is 12.8. The average molecular weight is 265 g/mol. The quantitative estimate of drug-likeness (QED) is 0.814. The van der Waals surface area contributed by atoms with E-state index >= 15 is 0 Å². The fourth-order valence-corrected chi connectivity index (χ4v) is 2.83. The number of carbonyl (C=O) groups excluding carboxylic acids is 1. The smallest absolute Gasteiger partial charge is 0.223 e. The van der Waals surface area contributed by atoms with Gasteiger partial charge < -0.3 is 10.6 Å². The predicted octanol–water partition coefficient (Wildman–Crippen LogP) is 1.26. The van der Waals surface area contributed by atoms with Crippen molar-refractivity contribution in [2.45, 2.75) is 24.6 Å². The molecule has 2 heterocycles. The molecule has 5 heteroatoms. The van der Waals surface area contributed by atoms with Crippen molar-refractivity contribution in [2.24, 2.45) is 5.73 Å². The summed E-state index contributed by atoms with van der Waals surface area (Å²) in [5.41, 5.74) is 6.85.